The fraction of sp³-hybridized carbons (Fsp3) is 0.357. The standard InChI is InChI=1S/C14H18N2O2/c1-14(2)6-3-4-12-11(5-7-14)10(9-15-12)8-13(17)16-18/h3,5-7,9,15,18H,4,8H2,1-2H3,(H,16,17)/b6-3-,7-5-. The molecule has 0 radical (unpaired) electrons. The van der Waals surface area contributed by atoms with Crippen molar-refractivity contribution in [2.45, 2.75) is 26.7 Å². The van der Waals surface area contributed by atoms with Gasteiger partial charge in [0.1, 0.15) is 0 Å². The predicted octanol–water partition coefficient (Wildman–Crippen LogP) is 2.21. The molecule has 0 saturated carbocycles. The number of carbonyl (C=O) groups is 1. The van der Waals surface area contributed by atoms with Crippen molar-refractivity contribution in [1.29, 1.82) is 0 Å². The lowest BCUT2D eigenvalue weighted by Gasteiger charge is -2.16. The summed E-state index contributed by atoms with van der Waals surface area (Å²) in [6, 6.07) is 0. The molecule has 1 aromatic heterocycles. The number of carbonyl (C=O) groups excluding carboxylic acids is 1. The molecule has 0 atom stereocenters. The highest BCUT2D eigenvalue weighted by Gasteiger charge is 2.16. The number of rotatable bonds is 2. The van der Waals surface area contributed by atoms with Crippen molar-refractivity contribution in [1.82, 2.24) is 10.5 Å². The lowest BCUT2D eigenvalue weighted by Crippen LogP contribution is -2.20. The molecule has 0 bridgehead atoms. The smallest absolute Gasteiger partial charge is 0.247 e. The van der Waals surface area contributed by atoms with Crippen LogP contribution in [0, 0.1) is 5.41 Å². The molecule has 1 aromatic rings. The molecule has 1 aliphatic carbocycles. The zero-order valence-electron chi connectivity index (χ0n) is 10.7. The van der Waals surface area contributed by atoms with Crippen LogP contribution in [0.15, 0.2) is 24.4 Å². The molecular formula is C14H18N2O2. The maximum absolute atomic E-state index is 11.2. The minimum absolute atomic E-state index is 0.0193. The van der Waals surface area contributed by atoms with Gasteiger partial charge in [-0.1, -0.05) is 38.2 Å². The van der Waals surface area contributed by atoms with Crippen LogP contribution in [0.5, 0.6) is 0 Å². The van der Waals surface area contributed by atoms with Crippen LogP contribution in [0.25, 0.3) is 6.08 Å². The van der Waals surface area contributed by atoms with Crippen LogP contribution in [0.3, 0.4) is 0 Å². The Balaban J connectivity index is 2.34. The van der Waals surface area contributed by atoms with Gasteiger partial charge in [0.25, 0.3) is 0 Å². The van der Waals surface area contributed by atoms with Gasteiger partial charge >= 0.3 is 0 Å². The Kier molecular flexibility index (Phi) is 3.39. The summed E-state index contributed by atoms with van der Waals surface area (Å²) in [5.41, 5.74) is 4.73. The Morgan fingerprint density at radius 3 is 3.00 bits per heavy atom. The van der Waals surface area contributed by atoms with Crippen LogP contribution >= 0.6 is 0 Å². The highest BCUT2D eigenvalue weighted by Crippen LogP contribution is 2.26. The summed E-state index contributed by atoms with van der Waals surface area (Å²) in [4.78, 5) is 14.4. The van der Waals surface area contributed by atoms with Crippen LogP contribution in [0.4, 0.5) is 0 Å². The zero-order valence-corrected chi connectivity index (χ0v) is 10.7. The third kappa shape index (κ3) is 2.71. The van der Waals surface area contributed by atoms with E-state index >= 15 is 0 Å². The average Bonchev–Trinajstić information content (AvgIpc) is 2.66. The third-order valence-electron chi connectivity index (χ3n) is 3.12. The monoisotopic (exact) mass is 246 g/mol. The molecule has 96 valence electrons. The van der Waals surface area contributed by atoms with E-state index in [1.165, 1.54) is 0 Å². The van der Waals surface area contributed by atoms with E-state index in [1.807, 2.05) is 6.20 Å². The molecule has 2 rings (SSSR count). The predicted molar refractivity (Wildman–Crippen MR) is 70.1 cm³/mol. The average molecular weight is 246 g/mol. The molecule has 0 saturated heterocycles. The van der Waals surface area contributed by atoms with Gasteiger partial charge in [-0.05, 0) is 11.1 Å². The van der Waals surface area contributed by atoms with E-state index in [4.69, 9.17) is 5.21 Å². The summed E-state index contributed by atoms with van der Waals surface area (Å²) in [5.74, 6) is -0.401. The summed E-state index contributed by atoms with van der Waals surface area (Å²) in [7, 11) is 0. The molecule has 18 heavy (non-hydrogen) atoms. The molecule has 4 nitrogen and oxygen atoms in total. The second-order valence-corrected chi connectivity index (χ2v) is 5.18. The molecule has 0 aliphatic heterocycles. The largest absolute Gasteiger partial charge is 0.364 e. The zero-order chi connectivity index (χ0) is 13.2. The molecule has 4 heteroatoms. The van der Waals surface area contributed by atoms with Gasteiger partial charge in [0.2, 0.25) is 5.91 Å². The van der Waals surface area contributed by atoms with Crippen molar-refractivity contribution in [3.63, 3.8) is 0 Å². The minimum atomic E-state index is -0.401. The Morgan fingerprint density at radius 1 is 1.50 bits per heavy atom. The van der Waals surface area contributed by atoms with Crippen molar-refractivity contribution in [3.8, 4) is 0 Å². The highest BCUT2D eigenvalue weighted by atomic mass is 16.5. The first-order valence-corrected chi connectivity index (χ1v) is 6.01. The maximum atomic E-state index is 11.2. The Labute approximate surface area is 106 Å². The number of aromatic amines is 1. The number of nitrogens with one attached hydrogen (secondary N) is 2. The first-order valence-electron chi connectivity index (χ1n) is 6.01. The van der Waals surface area contributed by atoms with Gasteiger partial charge in [-0.3, -0.25) is 10.0 Å². The van der Waals surface area contributed by atoms with E-state index in [-0.39, 0.29) is 11.8 Å². The number of hydrogen-bond donors (Lipinski definition) is 3. The molecule has 0 spiro atoms. The number of hydrogen-bond acceptors (Lipinski definition) is 2. The van der Waals surface area contributed by atoms with E-state index in [9.17, 15) is 4.79 Å². The fourth-order valence-corrected chi connectivity index (χ4v) is 2.09. The SMILES string of the molecule is CC1(C)/C=C\Cc2[nH]cc(CC(=O)NO)c2/C=C\1. The number of H-pyrrole nitrogens is 1. The normalized spacial score (nSPS) is 20.4. The molecule has 1 aliphatic rings. The van der Waals surface area contributed by atoms with Crippen LogP contribution in [0.1, 0.15) is 30.7 Å². The summed E-state index contributed by atoms with van der Waals surface area (Å²) in [6.45, 7) is 4.27. The lowest BCUT2D eigenvalue weighted by molar-refractivity contribution is -0.128. The summed E-state index contributed by atoms with van der Waals surface area (Å²) in [6.07, 6.45) is 11.3. The van der Waals surface area contributed by atoms with Gasteiger partial charge in [-0.2, -0.15) is 0 Å². The number of aromatic nitrogens is 1. The summed E-state index contributed by atoms with van der Waals surface area (Å²) in [5, 5.41) is 8.58. The van der Waals surface area contributed by atoms with E-state index < -0.39 is 5.91 Å². The van der Waals surface area contributed by atoms with Crippen LogP contribution < -0.4 is 5.48 Å². The molecular weight excluding hydrogens is 228 g/mol. The minimum Gasteiger partial charge on any atom is -0.364 e. The van der Waals surface area contributed by atoms with E-state index in [0.717, 1.165) is 23.2 Å². The number of allylic oxidation sites excluding steroid dienone is 3. The fourth-order valence-electron chi connectivity index (χ4n) is 2.09. The van der Waals surface area contributed by atoms with E-state index in [2.05, 4.69) is 43.1 Å². The Morgan fingerprint density at radius 2 is 2.28 bits per heavy atom. The first-order chi connectivity index (χ1) is 8.52. The quantitative estimate of drug-likeness (QED) is 0.425. The number of amides is 1. The topological polar surface area (TPSA) is 65.1 Å². The maximum Gasteiger partial charge on any atom is 0.247 e. The second-order valence-electron chi connectivity index (χ2n) is 5.18. The Bertz CT molecular complexity index is 510. The molecule has 1 heterocycles. The third-order valence-corrected chi connectivity index (χ3v) is 3.12. The van der Waals surface area contributed by atoms with E-state index in [0.29, 0.717) is 0 Å². The molecule has 0 unspecified atom stereocenters. The van der Waals surface area contributed by atoms with Gasteiger partial charge in [0.05, 0.1) is 6.42 Å². The van der Waals surface area contributed by atoms with Crippen molar-refractivity contribution >= 4 is 12.0 Å². The number of fused-ring (bicyclic) bond motifs is 1. The molecule has 1 amide bonds. The lowest BCUT2D eigenvalue weighted by atomic mass is 9.89. The van der Waals surface area contributed by atoms with Gasteiger partial charge < -0.3 is 4.98 Å². The Hall–Kier alpha value is -1.81. The van der Waals surface area contributed by atoms with Crippen LogP contribution in [0.2, 0.25) is 0 Å². The second kappa shape index (κ2) is 4.82. The molecule has 0 fully saturated rings. The number of hydroxylamine groups is 1. The van der Waals surface area contributed by atoms with Crippen molar-refractivity contribution < 1.29 is 10.0 Å². The van der Waals surface area contributed by atoms with Crippen LogP contribution in [-0.4, -0.2) is 16.1 Å². The molecule has 0 aromatic carbocycles. The van der Waals surface area contributed by atoms with Gasteiger partial charge in [0.15, 0.2) is 0 Å². The van der Waals surface area contributed by atoms with E-state index in [1.54, 1.807) is 5.48 Å². The van der Waals surface area contributed by atoms with Gasteiger partial charge in [-0.25, -0.2) is 5.48 Å². The van der Waals surface area contributed by atoms with Crippen molar-refractivity contribution in [2.75, 3.05) is 0 Å². The summed E-state index contributed by atoms with van der Waals surface area (Å²) < 4.78 is 0. The molecule has 3 N–H and O–H groups in total. The van der Waals surface area contributed by atoms with Gasteiger partial charge in [0, 0.05) is 23.7 Å². The first kappa shape index (κ1) is 12.6. The van der Waals surface area contributed by atoms with Gasteiger partial charge in [-0.15, -0.1) is 0 Å². The van der Waals surface area contributed by atoms with Crippen molar-refractivity contribution in [3.05, 3.63) is 41.2 Å². The highest BCUT2D eigenvalue weighted by molar-refractivity contribution is 5.79. The van der Waals surface area contributed by atoms with Crippen molar-refractivity contribution in [2.24, 2.45) is 5.41 Å². The van der Waals surface area contributed by atoms with Crippen LogP contribution in [-0.2, 0) is 17.6 Å². The summed E-state index contributed by atoms with van der Waals surface area (Å²) >= 11 is 0.